The van der Waals surface area contributed by atoms with Crippen molar-refractivity contribution in [3.63, 3.8) is 0 Å². The summed E-state index contributed by atoms with van der Waals surface area (Å²) in [5.41, 5.74) is 1.10. The zero-order chi connectivity index (χ0) is 16.1. The number of halogens is 1. The molecule has 1 aromatic rings. The Morgan fingerprint density at radius 2 is 2.05 bits per heavy atom. The summed E-state index contributed by atoms with van der Waals surface area (Å²) in [6.07, 6.45) is 0. The van der Waals surface area contributed by atoms with Crippen LogP contribution in [0.1, 0.15) is 6.92 Å². The molecule has 1 amide bonds. The van der Waals surface area contributed by atoms with Gasteiger partial charge in [-0.05, 0) is 32.2 Å². The third-order valence-electron chi connectivity index (χ3n) is 4.21. The van der Waals surface area contributed by atoms with E-state index in [-0.39, 0.29) is 18.6 Å². The van der Waals surface area contributed by atoms with E-state index in [2.05, 4.69) is 4.90 Å². The monoisotopic (exact) mass is 325 g/mol. The van der Waals surface area contributed by atoms with Crippen LogP contribution in [-0.2, 0) is 4.79 Å². The van der Waals surface area contributed by atoms with Gasteiger partial charge in [0.15, 0.2) is 0 Å². The van der Waals surface area contributed by atoms with Crippen molar-refractivity contribution in [1.82, 2.24) is 9.80 Å². The first-order valence-electron chi connectivity index (χ1n) is 7.60. The molecule has 1 unspecified atom stereocenters. The molecule has 0 aliphatic carbocycles. The van der Waals surface area contributed by atoms with Gasteiger partial charge in [0.2, 0.25) is 5.91 Å². The number of amides is 1. The van der Waals surface area contributed by atoms with Crippen molar-refractivity contribution in [3.05, 3.63) is 29.3 Å². The highest BCUT2D eigenvalue weighted by molar-refractivity contribution is 6.30. The van der Waals surface area contributed by atoms with Crippen LogP contribution < -0.4 is 4.90 Å². The molecule has 1 aromatic carbocycles. The first-order chi connectivity index (χ1) is 10.5. The Morgan fingerprint density at radius 3 is 2.64 bits per heavy atom. The van der Waals surface area contributed by atoms with Crippen LogP contribution in [0.5, 0.6) is 0 Å². The number of nitrogens with zero attached hydrogens (tertiary/aromatic N) is 3. The van der Waals surface area contributed by atoms with E-state index in [1.165, 1.54) is 0 Å². The van der Waals surface area contributed by atoms with E-state index in [9.17, 15) is 4.79 Å². The standard InChI is InChI=1S/C16H24ClN3O2/c1-13(12-21)18(2)11-16(22)20-8-6-19(7-9-20)15-5-3-4-14(17)10-15/h3-5,10,13,21H,6-9,11-12H2,1-2H3. The van der Waals surface area contributed by atoms with Crippen molar-refractivity contribution in [3.8, 4) is 0 Å². The zero-order valence-corrected chi connectivity index (χ0v) is 14.0. The van der Waals surface area contributed by atoms with Crippen LogP contribution in [0.3, 0.4) is 0 Å². The Kier molecular flexibility index (Phi) is 6.06. The molecule has 1 fully saturated rings. The summed E-state index contributed by atoms with van der Waals surface area (Å²) < 4.78 is 0. The highest BCUT2D eigenvalue weighted by atomic mass is 35.5. The minimum Gasteiger partial charge on any atom is -0.395 e. The molecule has 122 valence electrons. The molecule has 1 aliphatic rings. The molecular weight excluding hydrogens is 302 g/mol. The third kappa shape index (κ3) is 4.35. The van der Waals surface area contributed by atoms with E-state index in [1.807, 2.05) is 48.0 Å². The van der Waals surface area contributed by atoms with Crippen LogP contribution in [0.4, 0.5) is 5.69 Å². The Labute approximate surface area is 137 Å². The van der Waals surface area contributed by atoms with Gasteiger partial charge in [-0.15, -0.1) is 0 Å². The summed E-state index contributed by atoms with van der Waals surface area (Å²) in [6, 6.07) is 7.80. The third-order valence-corrected chi connectivity index (χ3v) is 4.44. The number of rotatable bonds is 5. The van der Waals surface area contributed by atoms with E-state index in [4.69, 9.17) is 16.7 Å². The lowest BCUT2D eigenvalue weighted by molar-refractivity contribution is -0.133. The second-order valence-corrected chi connectivity index (χ2v) is 6.23. The summed E-state index contributed by atoms with van der Waals surface area (Å²) >= 11 is 6.03. The number of likely N-dealkylation sites (N-methyl/N-ethyl adjacent to an activating group) is 1. The normalized spacial score (nSPS) is 17.0. The van der Waals surface area contributed by atoms with Crippen molar-refractivity contribution in [2.45, 2.75) is 13.0 Å². The minimum absolute atomic E-state index is 0.00306. The van der Waals surface area contributed by atoms with E-state index in [0.29, 0.717) is 19.6 Å². The lowest BCUT2D eigenvalue weighted by Crippen LogP contribution is -2.51. The smallest absolute Gasteiger partial charge is 0.236 e. The average molecular weight is 326 g/mol. The van der Waals surface area contributed by atoms with E-state index in [1.54, 1.807) is 0 Å². The predicted molar refractivity (Wildman–Crippen MR) is 89.4 cm³/mol. The maximum atomic E-state index is 12.3. The highest BCUT2D eigenvalue weighted by Crippen LogP contribution is 2.20. The SMILES string of the molecule is CC(CO)N(C)CC(=O)N1CCN(c2cccc(Cl)c2)CC1. The largest absolute Gasteiger partial charge is 0.395 e. The Bertz CT molecular complexity index is 504. The lowest BCUT2D eigenvalue weighted by atomic mass is 10.2. The number of hydrogen-bond donors (Lipinski definition) is 1. The molecule has 1 heterocycles. The van der Waals surface area contributed by atoms with Crippen LogP contribution in [0, 0.1) is 0 Å². The molecule has 0 spiro atoms. The predicted octanol–water partition coefficient (Wildman–Crippen LogP) is 1.30. The molecule has 5 nitrogen and oxygen atoms in total. The number of carbonyl (C=O) groups excluding carboxylic acids is 1. The van der Waals surface area contributed by atoms with Crippen LogP contribution in [0.25, 0.3) is 0 Å². The van der Waals surface area contributed by atoms with E-state index >= 15 is 0 Å². The second-order valence-electron chi connectivity index (χ2n) is 5.79. The van der Waals surface area contributed by atoms with Crippen LogP contribution >= 0.6 is 11.6 Å². The Balaban J connectivity index is 1.85. The maximum Gasteiger partial charge on any atom is 0.236 e. The zero-order valence-electron chi connectivity index (χ0n) is 13.2. The van der Waals surface area contributed by atoms with Gasteiger partial charge in [0.1, 0.15) is 0 Å². The van der Waals surface area contributed by atoms with Crippen LogP contribution in [0.15, 0.2) is 24.3 Å². The summed E-state index contributed by atoms with van der Waals surface area (Å²) in [6.45, 7) is 5.37. The fourth-order valence-electron chi connectivity index (χ4n) is 2.50. The van der Waals surface area contributed by atoms with Crippen molar-refractivity contribution in [2.24, 2.45) is 0 Å². The summed E-state index contributed by atoms with van der Waals surface area (Å²) in [7, 11) is 1.86. The number of carbonyl (C=O) groups is 1. The first-order valence-corrected chi connectivity index (χ1v) is 7.98. The minimum atomic E-state index is -0.00306. The van der Waals surface area contributed by atoms with Gasteiger partial charge in [0.25, 0.3) is 0 Å². The number of benzene rings is 1. The van der Waals surface area contributed by atoms with Gasteiger partial charge < -0.3 is 14.9 Å². The molecule has 1 N–H and O–H groups in total. The molecule has 0 bridgehead atoms. The first kappa shape index (κ1) is 17.1. The molecule has 0 radical (unpaired) electrons. The molecule has 6 heteroatoms. The van der Waals surface area contributed by atoms with Crippen LogP contribution in [-0.4, -0.2) is 73.2 Å². The Hall–Kier alpha value is -1.30. The van der Waals surface area contributed by atoms with Gasteiger partial charge in [-0.3, -0.25) is 9.69 Å². The van der Waals surface area contributed by atoms with Gasteiger partial charge in [-0.25, -0.2) is 0 Å². The number of aliphatic hydroxyl groups is 1. The van der Waals surface area contributed by atoms with E-state index in [0.717, 1.165) is 23.8 Å². The molecule has 1 saturated heterocycles. The number of piperazine rings is 1. The van der Waals surface area contributed by atoms with Crippen molar-refractivity contribution in [1.29, 1.82) is 0 Å². The van der Waals surface area contributed by atoms with Crippen molar-refractivity contribution >= 4 is 23.2 Å². The lowest BCUT2D eigenvalue weighted by Gasteiger charge is -2.37. The van der Waals surface area contributed by atoms with Gasteiger partial charge >= 0.3 is 0 Å². The fourth-order valence-corrected chi connectivity index (χ4v) is 2.68. The molecule has 1 aliphatic heterocycles. The van der Waals surface area contributed by atoms with Crippen molar-refractivity contribution < 1.29 is 9.90 Å². The van der Waals surface area contributed by atoms with Gasteiger partial charge in [0.05, 0.1) is 13.2 Å². The molecule has 1 atom stereocenters. The fraction of sp³-hybridized carbons (Fsp3) is 0.562. The average Bonchev–Trinajstić information content (AvgIpc) is 2.54. The number of aliphatic hydroxyl groups excluding tert-OH is 1. The topological polar surface area (TPSA) is 47.0 Å². The molecule has 0 saturated carbocycles. The summed E-state index contributed by atoms with van der Waals surface area (Å²) in [4.78, 5) is 18.3. The molecular formula is C16H24ClN3O2. The quantitative estimate of drug-likeness (QED) is 0.886. The summed E-state index contributed by atoms with van der Waals surface area (Å²) in [5.74, 6) is 0.119. The van der Waals surface area contributed by atoms with Gasteiger partial charge in [-0.2, -0.15) is 0 Å². The van der Waals surface area contributed by atoms with Gasteiger partial charge in [-0.1, -0.05) is 17.7 Å². The maximum absolute atomic E-state index is 12.3. The number of hydrogen-bond acceptors (Lipinski definition) is 4. The van der Waals surface area contributed by atoms with Gasteiger partial charge in [0, 0.05) is 42.9 Å². The molecule has 2 rings (SSSR count). The van der Waals surface area contributed by atoms with Crippen molar-refractivity contribution in [2.75, 3.05) is 51.3 Å². The summed E-state index contributed by atoms with van der Waals surface area (Å²) in [5, 5.41) is 9.86. The van der Waals surface area contributed by atoms with E-state index < -0.39 is 0 Å². The molecule has 0 aromatic heterocycles. The Morgan fingerprint density at radius 1 is 1.36 bits per heavy atom. The molecule has 22 heavy (non-hydrogen) atoms. The number of anilines is 1. The second kappa shape index (κ2) is 7.81. The highest BCUT2D eigenvalue weighted by Gasteiger charge is 2.23. The van der Waals surface area contributed by atoms with Crippen LogP contribution in [0.2, 0.25) is 5.02 Å².